The van der Waals surface area contributed by atoms with Crippen LogP contribution in [0.25, 0.3) is 10.6 Å². The van der Waals surface area contributed by atoms with Crippen LogP contribution in [0.15, 0.2) is 29.6 Å². The van der Waals surface area contributed by atoms with Crippen molar-refractivity contribution in [2.75, 3.05) is 6.61 Å². The van der Waals surface area contributed by atoms with E-state index in [-0.39, 0.29) is 18.3 Å². The number of carbonyl (C=O) groups is 1. The van der Waals surface area contributed by atoms with Gasteiger partial charge in [0.2, 0.25) is 0 Å². The highest BCUT2D eigenvalue weighted by molar-refractivity contribution is 7.13. The number of rotatable bonds is 5. The second kappa shape index (κ2) is 5.78. The third kappa shape index (κ3) is 3.03. The topological polar surface area (TPSA) is 62.2 Å². The normalized spacial score (nSPS) is 17.0. The Balaban J connectivity index is 1.75. The minimum absolute atomic E-state index is 0.0850. The molecule has 2 N–H and O–H groups in total. The van der Waals surface area contributed by atoms with Crippen molar-refractivity contribution in [3.05, 3.63) is 41.2 Å². The molecule has 1 saturated carbocycles. The number of thiazole rings is 1. The largest absolute Gasteiger partial charge is 0.394 e. The summed E-state index contributed by atoms with van der Waals surface area (Å²) in [6.07, 6.45) is 2.05. The summed E-state index contributed by atoms with van der Waals surface area (Å²) in [5.74, 6) is -0.258. The quantitative estimate of drug-likeness (QED) is 0.890. The first-order valence-corrected chi connectivity index (χ1v) is 8.04. The number of aliphatic hydroxyl groups excluding tert-OH is 1. The van der Waals surface area contributed by atoms with Crippen molar-refractivity contribution in [1.82, 2.24) is 10.3 Å². The van der Waals surface area contributed by atoms with Gasteiger partial charge in [0.25, 0.3) is 5.91 Å². The van der Waals surface area contributed by atoms with Gasteiger partial charge in [-0.1, -0.05) is 0 Å². The van der Waals surface area contributed by atoms with Gasteiger partial charge in [0.05, 0.1) is 12.1 Å². The van der Waals surface area contributed by atoms with E-state index in [9.17, 15) is 14.3 Å². The zero-order valence-corrected chi connectivity index (χ0v) is 13.0. The number of halogens is 1. The van der Waals surface area contributed by atoms with Crippen LogP contribution < -0.4 is 5.32 Å². The van der Waals surface area contributed by atoms with E-state index in [0.717, 1.165) is 18.4 Å². The second-order valence-electron chi connectivity index (χ2n) is 5.85. The molecular formula is C16H17FN2O2S. The summed E-state index contributed by atoms with van der Waals surface area (Å²) in [6.45, 7) is 1.77. The second-order valence-corrected chi connectivity index (χ2v) is 6.71. The first kappa shape index (κ1) is 15.1. The number of nitrogens with zero attached hydrogens (tertiary/aromatic N) is 1. The molecule has 1 aromatic carbocycles. The van der Waals surface area contributed by atoms with Crippen molar-refractivity contribution in [2.24, 2.45) is 5.92 Å². The van der Waals surface area contributed by atoms with Crippen molar-refractivity contribution in [2.45, 2.75) is 25.3 Å². The Morgan fingerprint density at radius 1 is 1.45 bits per heavy atom. The predicted molar refractivity (Wildman–Crippen MR) is 83.2 cm³/mol. The van der Waals surface area contributed by atoms with Gasteiger partial charge in [0.15, 0.2) is 0 Å². The number of benzene rings is 1. The first-order chi connectivity index (χ1) is 10.5. The van der Waals surface area contributed by atoms with Gasteiger partial charge < -0.3 is 10.4 Å². The summed E-state index contributed by atoms with van der Waals surface area (Å²) < 4.78 is 12.9. The zero-order chi connectivity index (χ0) is 15.7. The number of aromatic nitrogens is 1. The molecule has 1 amide bonds. The fourth-order valence-corrected chi connectivity index (χ4v) is 3.22. The molecule has 116 valence electrons. The molecule has 1 fully saturated rings. The van der Waals surface area contributed by atoms with Crippen LogP contribution >= 0.6 is 11.3 Å². The molecule has 1 atom stereocenters. The molecule has 1 aromatic heterocycles. The summed E-state index contributed by atoms with van der Waals surface area (Å²) in [6, 6.07) is 6.01. The molecule has 22 heavy (non-hydrogen) atoms. The van der Waals surface area contributed by atoms with Crippen LogP contribution in [0.1, 0.15) is 30.3 Å². The molecule has 0 spiro atoms. The smallest absolute Gasteiger partial charge is 0.271 e. The maximum atomic E-state index is 12.9. The Bertz CT molecular complexity index is 682. The van der Waals surface area contributed by atoms with Crippen molar-refractivity contribution in [3.63, 3.8) is 0 Å². The van der Waals surface area contributed by atoms with Gasteiger partial charge in [-0.05, 0) is 49.9 Å². The molecule has 1 aliphatic carbocycles. The standard InChI is InChI=1S/C16H17FN2O2S/c1-16(9-20,11-4-5-11)19-14(21)13-8-22-15(18-13)10-2-6-12(17)7-3-10/h2-3,6-8,11,20H,4-5,9H2,1H3,(H,19,21). The average Bonchev–Trinajstić information content (AvgIpc) is 3.26. The lowest BCUT2D eigenvalue weighted by atomic mass is 9.97. The van der Waals surface area contributed by atoms with Gasteiger partial charge in [-0.15, -0.1) is 11.3 Å². The van der Waals surface area contributed by atoms with E-state index >= 15 is 0 Å². The summed E-state index contributed by atoms with van der Waals surface area (Å²) in [5, 5.41) is 14.8. The summed E-state index contributed by atoms with van der Waals surface area (Å²) >= 11 is 1.34. The molecule has 3 rings (SSSR count). The van der Waals surface area contributed by atoms with Gasteiger partial charge in [0, 0.05) is 10.9 Å². The molecule has 0 saturated heterocycles. The molecule has 1 unspecified atom stereocenters. The van der Waals surface area contributed by atoms with E-state index in [2.05, 4.69) is 10.3 Å². The van der Waals surface area contributed by atoms with Gasteiger partial charge in [-0.25, -0.2) is 9.37 Å². The number of nitrogens with one attached hydrogen (secondary N) is 1. The van der Waals surface area contributed by atoms with Crippen molar-refractivity contribution in [3.8, 4) is 10.6 Å². The lowest BCUT2D eigenvalue weighted by Gasteiger charge is -2.28. The van der Waals surface area contributed by atoms with Crippen LogP contribution in [-0.2, 0) is 0 Å². The lowest BCUT2D eigenvalue weighted by Crippen LogP contribution is -2.50. The Labute approximate surface area is 132 Å². The van der Waals surface area contributed by atoms with E-state index in [1.165, 1.54) is 23.5 Å². The van der Waals surface area contributed by atoms with E-state index in [1.807, 2.05) is 6.92 Å². The number of carbonyl (C=O) groups excluding carboxylic acids is 1. The van der Waals surface area contributed by atoms with Crippen LogP contribution in [-0.4, -0.2) is 28.1 Å². The fourth-order valence-electron chi connectivity index (χ4n) is 2.42. The minimum Gasteiger partial charge on any atom is -0.394 e. The van der Waals surface area contributed by atoms with Crippen molar-refractivity contribution < 1.29 is 14.3 Å². The number of hydrogen-bond acceptors (Lipinski definition) is 4. The van der Waals surface area contributed by atoms with Gasteiger partial charge in [-0.3, -0.25) is 4.79 Å². The molecule has 1 aliphatic rings. The Hall–Kier alpha value is -1.79. The number of aliphatic hydroxyl groups is 1. The van der Waals surface area contributed by atoms with Crippen molar-refractivity contribution in [1.29, 1.82) is 0 Å². The molecule has 0 bridgehead atoms. The molecule has 0 aliphatic heterocycles. The molecule has 0 radical (unpaired) electrons. The van der Waals surface area contributed by atoms with Crippen LogP contribution in [0.5, 0.6) is 0 Å². The zero-order valence-electron chi connectivity index (χ0n) is 12.2. The number of hydrogen-bond donors (Lipinski definition) is 2. The molecule has 1 heterocycles. The van der Waals surface area contributed by atoms with Crippen LogP contribution in [0.3, 0.4) is 0 Å². The van der Waals surface area contributed by atoms with E-state index in [0.29, 0.717) is 16.6 Å². The summed E-state index contributed by atoms with van der Waals surface area (Å²) in [5.41, 5.74) is 0.513. The average molecular weight is 320 g/mol. The van der Waals surface area contributed by atoms with Gasteiger partial charge in [-0.2, -0.15) is 0 Å². The SMILES string of the molecule is CC(CO)(NC(=O)c1csc(-c2ccc(F)cc2)n1)C1CC1. The van der Waals surface area contributed by atoms with Gasteiger partial charge >= 0.3 is 0 Å². The van der Waals surface area contributed by atoms with E-state index in [1.54, 1.807) is 17.5 Å². The monoisotopic (exact) mass is 320 g/mol. The van der Waals surface area contributed by atoms with E-state index in [4.69, 9.17) is 0 Å². The number of amides is 1. The fraction of sp³-hybridized carbons (Fsp3) is 0.375. The molecule has 4 nitrogen and oxygen atoms in total. The summed E-state index contributed by atoms with van der Waals surface area (Å²) in [4.78, 5) is 16.6. The summed E-state index contributed by atoms with van der Waals surface area (Å²) in [7, 11) is 0. The van der Waals surface area contributed by atoms with Crippen LogP contribution in [0.2, 0.25) is 0 Å². The Morgan fingerprint density at radius 3 is 2.73 bits per heavy atom. The lowest BCUT2D eigenvalue weighted by molar-refractivity contribution is 0.0820. The van der Waals surface area contributed by atoms with Gasteiger partial charge in [0.1, 0.15) is 16.5 Å². The highest BCUT2D eigenvalue weighted by Gasteiger charge is 2.42. The van der Waals surface area contributed by atoms with Crippen molar-refractivity contribution >= 4 is 17.2 Å². The minimum atomic E-state index is -0.587. The van der Waals surface area contributed by atoms with Crippen LogP contribution in [0.4, 0.5) is 4.39 Å². The third-order valence-electron chi connectivity index (χ3n) is 4.03. The molecule has 6 heteroatoms. The maximum absolute atomic E-state index is 12.9. The van der Waals surface area contributed by atoms with Crippen LogP contribution in [0, 0.1) is 11.7 Å². The molecule has 2 aromatic rings. The Kier molecular flexibility index (Phi) is 3.97. The highest BCUT2D eigenvalue weighted by Crippen LogP contribution is 2.39. The maximum Gasteiger partial charge on any atom is 0.271 e. The first-order valence-electron chi connectivity index (χ1n) is 7.17. The van der Waals surface area contributed by atoms with E-state index < -0.39 is 5.54 Å². The predicted octanol–water partition coefficient (Wildman–Crippen LogP) is 2.84. The third-order valence-corrected chi connectivity index (χ3v) is 4.93. The Morgan fingerprint density at radius 2 is 2.14 bits per heavy atom. The molecular weight excluding hydrogens is 303 g/mol. The highest BCUT2D eigenvalue weighted by atomic mass is 32.1.